The minimum absolute atomic E-state index is 0.0875. The topological polar surface area (TPSA) is 55.6 Å². The summed E-state index contributed by atoms with van der Waals surface area (Å²) in [7, 11) is 0. The van der Waals surface area contributed by atoms with E-state index in [2.05, 4.69) is 47.1 Å². The largest absolute Gasteiger partial charge is 0.390 e. The minimum atomic E-state index is -0.385. The molecule has 0 fully saturated rings. The first-order chi connectivity index (χ1) is 18.6. The Balaban J connectivity index is 1.76. The summed E-state index contributed by atoms with van der Waals surface area (Å²) in [6, 6.07) is 21.4. The van der Waals surface area contributed by atoms with E-state index in [1.165, 1.54) is 6.07 Å². The van der Waals surface area contributed by atoms with Gasteiger partial charge in [0.1, 0.15) is 11.4 Å². The van der Waals surface area contributed by atoms with Gasteiger partial charge >= 0.3 is 0 Å². The van der Waals surface area contributed by atoms with Crippen LogP contribution in [0.4, 0.5) is 4.39 Å². The Kier molecular flexibility index (Phi) is 8.54. The van der Waals surface area contributed by atoms with Gasteiger partial charge in [-0.05, 0) is 67.5 Å². The first kappa shape index (κ1) is 28.1. The fourth-order valence-electron chi connectivity index (χ4n) is 4.75. The Hall–Kier alpha value is -3.93. The third-order valence-electron chi connectivity index (χ3n) is 6.57. The van der Waals surface area contributed by atoms with E-state index in [0.29, 0.717) is 24.1 Å². The van der Waals surface area contributed by atoms with Crippen LogP contribution in [0.2, 0.25) is 0 Å². The van der Waals surface area contributed by atoms with Crippen molar-refractivity contribution in [1.29, 1.82) is 0 Å². The summed E-state index contributed by atoms with van der Waals surface area (Å²) in [4.78, 5) is 19.3. The fraction of sp³-hybridized carbons (Fsp3) is 0.333. The lowest BCUT2D eigenvalue weighted by Crippen LogP contribution is -2.24. The fourth-order valence-corrected chi connectivity index (χ4v) is 4.75. The summed E-state index contributed by atoms with van der Waals surface area (Å²) in [6.45, 7) is 12.8. The molecule has 0 atom stereocenters. The molecule has 0 unspecified atom stereocenters. The number of fused-ring (bicyclic) bond motifs is 1. The Labute approximate surface area is 230 Å². The molecule has 0 saturated carbocycles. The van der Waals surface area contributed by atoms with Gasteiger partial charge in [0.2, 0.25) is 0 Å². The van der Waals surface area contributed by atoms with E-state index in [9.17, 15) is 9.18 Å². The lowest BCUT2D eigenvalue weighted by atomic mass is 10.0. The number of halogens is 1. The number of aromatic nitrogens is 1. The van der Waals surface area contributed by atoms with Crippen LogP contribution in [0.1, 0.15) is 85.8 Å². The van der Waals surface area contributed by atoms with E-state index < -0.39 is 0 Å². The smallest absolute Gasteiger partial charge is 0.254 e. The molecule has 1 heterocycles. The number of nitrogens with one attached hydrogen (secondary N) is 1. The van der Waals surface area contributed by atoms with E-state index in [1.54, 1.807) is 12.3 Å². The highest BCUT2D eigenvalue weighted by molar-refractivity contribution is 6.09. The van der Waals surface area contributed by atoms with Crippen molar-refractivity contribution in [2.75, 3.05) is 0 Å². The van der Waals surface area contributed by atoms with Gasteiger partial charge in [-0.2, -0.15) is 0 Å². The molecule has 39 heavy (non-hydrogen) atoms. The number of oxime groups is 1. The molecule has 0 aliphatic heterocycles. The second kappa shape index (κ2) is 11.9. The number of amides is 1. The highest BCUT2D eigenvalue weighted by atomic mass is 19.1. The molecule has 1 amide bonds. The van der Waals surface area contributed by atoms with Crippen LogP contribution >= 0.6 is 0 Å². The summed E-state index contributed by atoms with van der Waals surface area (Å²) in [6.07, 6.45) is 2.33. The second-order valence-corrected chi connectivity index (χ2v) is 11.2. The molecule has 0 radical (unpaired) electrons. The molecule has 0 aliphatic carbocycles. The first-order valence-electron chi connectivity index (χ1n) is 13.5. The van der Waals surface area contributed by atoms with Crippen LogP contribution in [0.5, 0.6) is 0 Å². The van der Waals surface area contributed by atoms with Crippen LogP contribution in [0.25, 0.3) is 10.9 Å². The van der Waals surface area contributed by atoms with Gasteiger partial charge in [-0.1, -0.05) is 80.5 Å². The zero-order valence-electron chi connectivity index (χ0n) is 23.7. The normalized spacial score (nSPS) is 12.0. The summed E-state index contributed by atoms with van der Waals surface area (Å²) in [5, 5.41) is 8.08. The summed E-state index contributed by atoms with van der Waals surface area (Å²) < 4.78 is 16.6. The number of carbonyl (C=O) groups excluding carboxylic acids is 1. The van der Waals surface area contributed by atoms with Crippen molar-refractivity contribution in [3.63, 3.8) is 0 Å². The maximum absolute atomic E-state index is 14.3. The molecular weight excluding hydrogens is 489 g/mol. The molecule has 5 nitrogen and oxygen atoms in total. The highest BCUT2D eigenvalue weighted by Crippen LogP contribution is 2.33. The van der Waals surface area contributed by atoms with Crippen LogP contribution in [-0.2, 0) is 24.3 Å². The number of aryl methyl sites for hydroxylation is 1. The molecule has 1 N–H and O–H groups in total. The molecule has 6 heteroatoms. The second-order valence-electron chi connectivity index (χ2n) is 11.2. The number of rotatable bonds is 9. The average Bonchev–Trinajstić information content (AvgIpc) is 3.21. The van der Waals surface area contributed by atoms with Crippen LogP contribution in [0, 0.1) is 5.82 Å². The van der Waals surface area contributed by atoms with E-state index in [4.69, 9.17) is 4.84 Å². The van der Waals surface area contributed by atoms with Gasteiger partial charge in [-0.3, -0.25) is 4.79 Å². The van der Waals surface area contributed by atoms with Crippen LogP contribution < -0.4 is 5.32 Å². The average molecular weight is 528 g/mol. The van der Waals surface area contributed by atoms with Crippen molar-refractivity contribution in [1.82, 2.24) is 9.88 Å². The van der Waals surface area contributed by atoms with Gasteiger partial charge < -0.3 is 14.7 Å². The molecule has 4 aromatic rings. The Morgan fingerprint density at radius 2 is 1.79 bits per heavy atom. The maximum atomic E-state index is 14.3. The van der Waals surface area contributed by atoms with Crippen molar-refractivity contribution >= 4 is 23.0 Å². The quantitative estimate of drug-likeness (QED) is 0.180. The van der Waals surface area contributed by atoms with Gasteiger partial charge in [0.05, 0.1) is 17.3 Å². The Morgan fingerprint density at radius 3 is 2.44 bits per heavy atom. The van der Waals surface area contributed by atoms with Crippen molar-refractivity contribution in [2.45, 2.75) is 72.6 Å². The predicted octanol–water partition coefficient (Wildman–Crippen LogP) is 7.59. The SMILES string of the molecule is CCc1ccc(CNC(=O)c2c(C(C)C)n(Cc3ccccc3)c3cc(/C=N/OC(C)(C)C)ccc23)cc1F. The zero-order chi connectivity index (χ0) is 28.2. The van der Waals surface area contributed by atoms with Gasteiger partial charge in [0.25, 0.3) is 5.91 Å². The monoisotopic (exact) mass is 527 g/mol. The summed E-state index contributed by atoms with van der Waals surface area (Å²) >= 11 is 0. The van der Waals surface area contributed by atoms with Crippen molar-refractivity contribution in [2.24, 2.45) is 5.16 Å². The van der Waals surface area contributed by atoms with E-state index >= 15 is 0 Å². The number of nitrogens with zero attached hydrogens (tertiary/aromatic N) is 2. The molecule has 0 spiro atoms. The number of benzene rings is 3. The van der Waals surface area contributed by atoms with Crippen LogP contribution in [0.3, 0.4) is 0 Å². The molecular formula is C33H38FN3O2. The third-order valence-corrected chi connectivity index (χ3v) is 6.57. The molecule has 0 bridgehead atoms. The summed E-state index contributed by atoms with van der Waals surface area (Å²) in [5.41, 5.74) is 5.60. The molecule has 0 saturated heterocycles. The maximum Gasteiger partial charge on any atom is 0.254 e. The first-order valence-corrected chi connectivity index (χ1v) is 13.5. The van der Waals surface area contributed by atoms with Crippen LogP contribution in [0.15, 0.2) is 71.9 Å². The van der Waals surface area contributed by atoms with Crippen molar-refractivity contribution < 1.29 is 14.0 Å². The lowest BCUT2D eigenvalue weighted by molar-refractivity contribution is 0.00199. The summed E-state index contributed by atoms with van der Waals surface area (Å²) in [5.74, 6) is -0.325. The van der Waals surface area contributed by atoms with Gasteiger partial charge in [0, 0.05) is 24.2 Å². The van der Waals surface area contributed by atoms with Gasteiger partial charge in [-0.25, -0.2) is 4.39 Å². The molecule has 3 aromatic carbocycles. The van der Waals surface area contributed by atoms with Gasteiger partial charge in [-0.15, -0.1) is 0 Å². The van der Waals surface area contributed by atoms with Crippen molar-refractivity contribution in [3.8, 4) is 0 Å². The third kappa shape index (κ3) is 6.75. The molecule has 4 rings (SSSR count). The highest BCUT2D eigenvalue weighted by Gasteiger charge is 2.25. The Morgan fingerprint density at radius 1 is 1.05 bits per heavy atom. The van der Waals surface area contributed by atoms with Crippen molar-refractivity contribution in [3.05, 3.63) is 106 Å². The van der Waals surface area contributed by atoms with E-state index in [1.807, 2.05) is 64.1 Å². The molecule has 204 valence electrons. The van der Waals surface area contributed by atoms with E-state index in [0.717, 1.165) is 33.3 Å². The zero-order valence-corrected chi connectivity index (χ0v) is 23.7. The Bertz CT molecular complexity index is 1480. The number of hydrogen-bond donors (Lipinski definition) is 1. The standard InChI is InChI=1S/C33H38FN3O2/c1-7-26-15-13-24(17-28(26)34)19-35-32(38)30-27-16-14-25(20-36-39-33(4,5)6)18-29(27)37(31(30)22(2)3)21-23-11-9-8-10-12-23/h8-18,20,22H,7,19,21H2,1-6H3,(H,35,38)/b36-20+. The van der Waals surface area contributed by atoms with Gasteiger partial charge in [0.15, 0.2) is 0 Å². The lowest BCUT2D eigenvalue weighted by Gasteiger charge is -2.16. The minimum Gasteiger partial charge on any atom is -0.390 e. The van der Waals surface area contributed by atoms with E-state index in [-0.39, 0.29) is 29.8 Å². The predicted molar refractivity (Wildman–Crippen MR) is 157 cm³/mol. The number of carbonyl (C=O) groups is 1. The van der Waals surface area contributed by atoms with Crippen LogP contribution in [-0.4, -0.2) is 22.3 Å². The molecule has 0 aliphatic rings. The molecule has 1 aromatic heterocycles. The number of hydrogen-bond acceptors (Lipinski definition) is 3.